The largest absolute Gasteiger partial charge is 0.487 e. The lowest BCUT2D eigenvalue weighted by molar-refractivity contribution is 0.0597. The maximum atomic E-state index is 13.1. The summed E-state index contributed by atoms with van der Waals surface area (Å²) in [4.78, 5) is 29.2. The van der Waals surface area contributed by atoms with Crippen LogP contribution in [0.2, 0.25) is 5.02 Å². The van der Waals surface area contributed by atoms with Crippen LogP contribution in [0.5, 0.6) is 5.75 Å². The number of aromatic nitrogens is 1. The quantitative estimate of drug-likeness (QED) is 0.535. The molecule has 0 aliphatic carbocycles. The maximum absolute atomic E-state index is 13.1. The number of rotatable bonds is 7. The zero-order valence-corrected chi connectivity index (χ0v) is 17.7. The summed E-state index contributed by atoms with van der Waals surface area (Å²) < 4.78 is 23.5. The van der Waals surface area contributed by atoms with Crippen LogP contribution in [-0.4, -0.2) is 24.0 Å². The van der Waals surface area contributed by atoms with Gasteiger partial charge in [0.1, 0.15) is 18.2 Å². The number of halogens is 2. The summed E-state index contributed by atoms with van der Waals surface area (Å²) in [7, 11) is 1.30. The van der Waals surface area contributed by atoms with Crippen molar-refractivity contribution >= 4 is 23.5 Å². The lowest BCUT2D eigenvalue weighted by Gasteiger charge is -2.18. The summed E-state index contributed by atoms with van der Waals surface area (Å²) in [5, 5.41) is 3.14. The van der Waals surface area contributed by atoms with Crippen LogP contribution in [0.15, 0.2) is 60.8 Å². The number of esters is 1. The molecule has 0 bridgehead atoms. The second kappa shape index (κ2) is 10.0. The first-order valence-electron chi connectivity index (χ1n) is 9.40. The molecular weight excluding hydrogens is 423 g/mol. The van der Waals surface area contributed by atoms with Gasteiger partial charge >= 0.3 is 5.97 Å². The molecule has 0 aliphatic rings. The van der Waals surface area contributed by atoms with Crippen molar-refractivity contribution in [3.63, 3.8) is 0 Å². The summed E-state index contributed by atoms with van der Waals surface area (Å²) >= 11 is 6.05. The number of nitrogens with zero attached hydrogens (tertiary/aromatic N) is 1. The van der Waals surface area contributed by atoms with Crippen LogP contribution >= 0.6 is 11.6 Å². The van der Waals surface area contributed by atoms with Crippen LogP contribution in [0.3, 0.4) is 0 Å². The van der Waals surface area contributed by atoms with E-state index < -0.39 is 17.9 Å². The molecule has 1 atom stereocenters. The minimum absolute atomic E-state index is 0.0152. The first kappa shape index (κ1) is 22.2. The van der Waals surface area contributed by atoms with Crippen LogP contribution < -0.4 is 10.1 Å². The van der Waals surface area contributed by atoms with Crippen molar-refractivity contribution in [3.05, 3.63) is 94.0 Å². The van der Waals surface area contributed by atoms with E-state index in [-0.39, 0.29) is 18.0 Å². The molecule has 2 aromatic carbocycles. The second-order valence-electron chi connectivity index (χ2n) is 6.66. The van der Waals surface area contributed by atoms with E-state index in [4.69, 9.17) is 21.1 Å². The first-order chi connectivity index (χ1) is 14.9. The molecule has 1 heterocycles. The summed E-state index contributed by atoms with van der Waals surface area (Å²) in [5.41, 5.74) is 1.57. The molecule has 8 heteroatoms. The van der Waals surface area contributed by atoms with Gasteiger partial charge < -0.3 is 14.8 Å². The SMILES string of the molecule is COC(=O)c1ccccc1[C@H](C)NC(=O)c1cc(Cl)cnc1COc1ccc(F)cc1. The average molecular weight is 443 g/mol. The lowest BCUT2D eigenvalue weighted by atomic mass is 10.0. The Hall–Kier alpha value is -3.45. The standard InChI is InChI=1S/C23H20ClFN2O4/c1-14(18-5-3-4-6-19(18)23(29)30-2)27-22(28)20-11-15(24)12-26-21(20)13-31-17-9-7-16(25)8-10-17/h3-12,14H,13H2,1-2H3,(H,27,28)/t14-/m0/s1. The molecule has 3 rings (SSSR count). The van der Waals surface area contributed by atoms with Crippen molar-refractivity contribution in [2.45, 2.75) is 19.6 Å². The van der Waals surface area contributed by atoms with E-state index in [0.717, 1.165) is 0 Å². The molecular formula is C23H20ClFN2O4. The maximum Gasteiger partial charge on any atom is 0.338 e. The predicted molar refractivity (Wildman–Crippen MR) is 114 cm³/mol. The zero-order valence-electron chi connectivity index (χ0n) is 16.9. The van der Waals surface area contributed by atoms with Gasteiger partial charge in [0.2, 0.25) is 0 Å². The van der Waals surface area contributed by atoms with E-state index in [0.29, 0.717) is 27.6 Å². The van der Waals surface area contributed by atoms with E-state index >= 15 is 0 Å². The van der Waals surface area contributed by atoms with Crippen molar-refractivity contribution in [3.8, 4) is 5.75 Å². The Morgan fingerprint density at radius 1 is 1.13 bits per heavy atom. The van der Waals surface area contributed by atoms with Gasteiger partial charge in [-0.15, -0.1) is 0 Å². The van der Waals surface area contributed by atoms with Gasteiger partial charge in [-0.1, -0.05) is 29.8 Å². The fraction of sp³-hybridized carbons (Fsp3) is 0.174. The minimum Gasteiger partial charge on any atom is -0.487 e. The Balaban J connectivity index is 1.79. The summed E-state index contributed by atoms with van der Waals surface area (Å²) in [6, 6.07) is 13.4. The van der Waals surface area contributed by atoms with Crippen LogP contribution in [0.4, 0.5) is 4.39 Å². The van der Waals surface area contributed by atoms with Gasteiger partial charge in [-0.2, -0.15) is 0 Å². The monoisotopic (exact) mass is 442 g/mol. The normalized spacial score (nSPS) is 11.5. The van der Waals surface area contributed by atoms with Crippen LogP contribution in [0, 0.1) is 5.82 Å². The Kier molecular flexibility index (Phi) is 7.20. The highest BCUT2D eigenvalue weighted by Gasteiger charge is 2.21. The van der Waals surface area contributed by atoms with E-state index in [1.165, 1.54) is 43.6 Å². The fourth-order valence-electron chi connectivity index (χ4n) is 2.98. The number of hydrogen-bond acceptors (Lipinski definition) is 5. The Bertz CT molecular complexity index is 1090. The third-order valence-electron chi connectivity index (χ3n) is 4.55. The van der Waals surface area contributed by atoms with E-state index in [1.54, 1.807) is 31.2 Å². The van der Waals surface area contributed by atoms with Crippen LogP contribution in [0.1, 0.15) is 44.9 Å². The topological polar surface area (TPSA) is 77.5 Å². The molecule has 31 heavy (non-hydrogen) atoms. The number of nitrogens with one attached hydrogen (secondary N) is 1. The summed E-state index contributed by atoms with van der Waals surface area (Å²) in [5.74, 6) is -0.863. The van der Waals surface area contributed by atoms with E-state index in [1.807, 2.05) is 0 Å². The molecule has 1 N–H and O–H groups in total. The van der Waals surface area contributed by atoms with Gasteiger partial charge in [-0.3, -0.25) is 9.78 Å². The van der Waals surface area contributed by atoms with E-state index in [9.17, 15) is 14.0 Å². The Morgan fingerprint density at radius 3 is 2.55 bits per heavy atom. The van der Waals surface area contributed by atoms with Gasteiger partial charge in [0.25, 0.3) is 5.91 Å². The molecule has 0 saturated heterocycles. The van der Waals surface area contributed by atoms with Gasteiger partial charge in [-0.25, -0.2) is 9.18 Å². The smallest absolute Gasteiger partial charge is 0.338 e. The average Bonchev–Trinajstić information content (AvgIpc) is 2.78. The van der Waals surface area contributed by atoms with Gasteiger partial charge in [0.15, 0.2) is 0 Å². The first-order valence-corrected chi connectivity index (χ1v) is 9.77. The van der Waals surface area contributed by atoms with Gasteiger partial charge in [0.05, 0.1) is 35.0 Å². The van der Waals surface area contributed by atoms with Gasteiger partial charge in [-0.05, 0) is 48.9 Å². The molecule has 1 aromatic heterocycles. The molecule has 6 nitrogen and oxygen atoms in total. The molecule has 0 aliphatic heterocycles. The molecule has 3 aromatic rings. The number of benzene rings is 2. The van der Waals surface area contributed by atoms with Crippen molar-refractivity contribution in [2.24, 2.45) is 0 Å². The molecule has 0 saturated carbocycles. The van der Waals surface area contributed by atoms with Crippen molar-refractivity contribution in [2.75, 3.05) is 7.11 Å². The number of hydrogen-bond donors (Lipinski definition) is 1. The summed E-state index contributed by atoms with van der Waals surface area (Å²) in [6.45, 7) is 1.74. The van der Waals surface area contributed by atoms with Crippen molar-refractivity contribution in [1.82, 2.24) is 10.3 Å². The summed E-state index contributed by atoms with van der Waals surface area (Å²) in [6.07, 6.45) is 1.41. The molecule has 160 valence electrons. The number of pyridine rings is 1. The molecule has 0 radical (unpaired) electrons. The van der Waals surface area contributed by atoms with Crippen molar-refractivity contribution in [1.29, 1.82) is 0 Å². The Morgan fingerprint density at radius 2 is 1.84 bits per heavy atom. The number of carbonyl (C=O) groups is 2. The highest BCUT2D eigenvalue weighted by Crippen LogP contribution is 2.21. The van der Waals surface area contributed by atoms with Crippen LogP contribution in [0.25, 0.3) is 0 Å². The molecule has 0 spiro atoms. The lowest BCUT2D eigenvalue weighted by Crippen LogP contribution is -2.29. The van der Waals surface area contributed by atoms with Crippen LogP contribution in [-0.2, 0) is 11.3 Å². The molecule has 0 fully saturated rings. The highest BCUT2D eigenvalue weighted by molar-refractivity contribution is 6.30. The third kappa shape index (κ3) is 5.58. The minimum atomic E-state index is -0.493. The van der Waals surface area contributed by atoms with Crippen molar-refractivity contribution < 1.29 is 23.5 Å². The third-order valence-corrected chi connectivity index (χ3v) is 4.76. The number of carbonyl (C=O) groups excluding carboxylic acids is 2. The van der Waals surface area contributed by atoms with Gasteiger partial charge in [0, 0.05) is 6.20 Å². The number of ether oxygens (including phenoxy) is 2. The second-order valence-corrected chi connectivity index (χ2v) is 7.10. The Labute approximate surface area is 184 Å². The number of methoxy groups -OCH3 is 1. The van der Waals surface area contributed by atoms with E-state index in [2.05, 4.69) is 10.3 Å². The molecule has 0 unspecified atom stereocenters. The zero-order chi connectivity index (χ0) is 22.4. The number of amides is 1. The predicted octanol–water partition coefficient (Wildman–Crippen LogP) is 4.73. The highest BCUT2D eigenvalue weighted by atomic mass is 35.5. The molecule has 1 amide bonds. The fourth-order valence-corrected chi connectivity index (χ4v) is 3.14.